The van der Waals surface area contributed by atoms with Crippen molar-refractivity contribution in [2.45, 2.75) is 20.8 Å². The van der Waals surface area contributed by atoms with Gasteiger partial charge in [-0.15, -0.1) is 0 Å². The normalized spacial score (nSPS) is 13.3. The summed E-state index contributed by atoms with van der Waals surface area (Å²) in [6.07, 6.45) is 0. The molecule has 0 spiro atoms. The molecule has 0 saturated carbocycles. The molecule has 2 atom stereocenters. The van der Waals surface area contributed by atoms with E-state index in [1.807, 2.05) is 0 Å². The topological polar surface area (TPSA) is 110 Å². The fourth-order valence-corrected chi connectivity index (χ4v) is 1.60. The number of amides is 1. The molecule has 0 aliphatic carbocycles. The van der Waals surface area contributed by atoms with E-state index in [4.69, 9.17) is 5.11 Å². The summed E-state index contributed by atoms with van der Waals surface area (Å²) in [5.74, 6) is -3.33. The molecule has 0 aromatic heterocycles. The zero-order chi connectivity index (χ0) is 15.4. The van der Waals surface area contributed by atoms with Crippen LogP contribution in [0.5, 0.6) is 0 Å². The Morgan fingerprint density at radius 2 is 1.90 bits per heavy atom. The van der Waals surface area contributed by atoms with Crippen LogP contribution in [0.3, 0.4) is 0 Å². The molecule has 7 nitrogen and oxygen atoms in total. The first-order valence-electron chi connectivity index (χ1n) is 6.02. The summed E-state index contributed by atoms with van der Waals surface area (Å²) in [5, 5.41) is 22.2. The van der Waals surface area contributed by atoms with Gasteiger partial charge in [0.2, 0.25) is 5.91 Å². The highest BCUT2D eigenvalue weighted by molar-refractivity contribution is 5.96. The molecule has 0 heterocycles. The van der Waals surface area contributed by atoms with Crippen molar-refractivity contribution in [3.63, 3.8) is 0 Å². The van der Waals surface area contributed by atoms with Gasteiger partial charge in [-0.1, -0.05) is 19.9 Å². The van der Waals surface area contributed by atoms with Crippen molar-refractivity contribution in [1.82, 2.24) is 0 Å². The lowest BCUT2D eigenvalue weighted by Gasteiger charge is -2.16. The van der Waals surface area contributed by atoms with Crippen LogP contribution < -0.4 is 5.32 Å². The van der Waals surface area contributed by atoms with Gasteiger partial charge in [0.1, 0.15) is 5.69 Å². The van der Waals surface area contributed by atoms with Crippen molar-refractivity contribution >= 4 is 23.3 Å². The number of carbonyl (C=O) groups excluding carboxylic acids is 1. The molecule has 108 valence electrons. The van der Waals surface area contributed by atoms with Gasteiger partial charge in [0, 0.05) is 12.0 Å². The van der Waals surface area contributed by atoms with E-state index in [-0.39, 0.29) is 11.4 Å². The number of carbonyl (C=O) groups is 2. The number of aryl methyl sites for hydroxylation is 1. The third kappa shape index (κ3) is 3.53. The monoisotopic (exact) mass is 280 g/mol. The van der Waals surface area contributed by atoms with Gasteiger partial charge in [-0.3, -0.25) is 19.7 Å². The number of nitrogens with one attached hydrogen (secondary N) is 1. The predicted octanol–water partition coefficient (Wildman–Crippen LogP) is 2.20. The molecule has 0 aliphatic rings. The van der Waals surface area contributed by atoms with E-state index in [0.29, 0.717) is 0 Å². The SMILES string of the molecule is Cc1ccc([N+](=O)[O-])c(NC(=O)C(C)C(C)C(=O)O)c1. The van der Waals surface area contributed by atoms with Crippen LogP contribution in [0.15, 0.2) is 18.2 Å². The van der Waals surface area contributed by atoms with E-state index in [1.165, 1.54) is 26.0 Å². The summed E-state index contributed by atoms with van der Waals surface area (Å²) in [4.78, 5) is 33.1. The average molecular weight is 280 g/mol. The van der Waals surface area contributed by atoms with Crippen LogP contribution in [0.25, 0.3) is 0 Å². The van der Waals surface area contributed by atoms with E-state index in [1.54, 1.807) is 13.0 Å². The Labute approximate surface area is 115 Å². The second kappa shape index (κ2) is 6.14. The summed E-state index contributed by atoms with van der Waals surface area (Å²) < 4.78 is 0. The Bertz CT molecular complexity index is 556. The Hall–Kier alpha value is -2.44. The van der Waals surface area contributed by atoms with Crippen LogP contribution in [-0.2, 0) is 9.59 Å². The standard InChI is InChI=1S/C13H16N2O5/c1-7-4-5-11(15(19)20)10(6-7)14-12(16)8(2)9(3)13(17)18/h4-6,8-9H,1-3H3,(H,14,16)(H,17,18). The molecule has 0 bridgehead atoms. The second-order valence-corrected chi connectivity index (χ2v) is 4.68. The third-order valence-electron chi connectivity index (χ3n) is 3.16. The highest BCUT2D eigenvalue weighted by Gasteiger charge is 2.27. The first-order valence-corrected chi connectivity index (χ1v) is 6.02. The quantitative estimate of drug-likeness (QED) is 0.634. The first-order chi connectivity index (χ1) is 9.23. The van der Waals surface area contributed by atoms with E-state index in [2.05, 4.69) is 5.32 Å². The Morgan fingerprint density at radius 3 is 2.40 bits per heavy atom. The summed E-state index contributed by atoms with van der Waals surface area (Å²) in [5.41, 5.74) is 0.605. The Balaban J connectivity index is 2.98. The lowest BCUT2D eigenvalue weighted by molar-refractivity contribution is -0.383. The maximum absolute atomic E-state index is 11.9. The highest BCUT2D eigenvalue weighted by atomic mass is 16.6. The molecule has 0 radical (unpaired) electrons. The van der Waals surface area contributed by atoms with Crippen LogP contribution in [0.1, 0.15) is 19.4 Å². The van der Waals surface area contributed by atoms with Crippen LogP contribution >= 0.6 is 0 Å². The highest BCUT2D eigenvalue weighted by Crippen LogP contribution is 2.26. The lowest BCUT2D eigenvalue weighted by atomic mass is 9.95. The van der Waals surface area contributed by atoms with Gasteiger partial charge in [0.25, 0.3) is 5.69 Å². The maximum Gasteiger partial charge on any atom is 0.307 e. The minimum absolute atomic E-state index is 0.0736. The molecule has 0 aliphatic heterocycles. The Morgan fingerprint density at radius 1 is 1.30 bits per heavy atom. The minimum atomic E-state index is -1.09. The number of aliphatic carboxylic acids is 1. The number of hydrogen-bond donors (Lipinski definition) is 2. The molecule has 1 aromatic carbocycles. The molecular weight excluding hydrogens is 264 g/mol. The Kier molecular flexibility index (Phi) is 4.79. The smallest absolute Gasteiger partial charge is 0.307 e. The number of benzene rings is 1. The number of rotatable bonds is 5. The molecule has 1 rings (SSSR count). The molecule has 0 saturated heterocycles. The van der Waals surface area contributed by atoms with Gasteiger partial charge in [-0.2, -0.15) is 0 Å². The number of carboxylic acid groups (broad SMARTS) is 1. The van der Waals surface area contributed by atoms with Crippen molar-refractivity contribution in [3.8, 4) is 0 Å². The fraction of sp³-hybridized carbons (Fsp3) is 0.385. The molecular formula is C13H16N2O5. The lowest BCUT2D eigenvalue weighted by Crippen LogP contribution is -2.30. The summed E-state index contributed by atoms with van der Waals surface area (Å²) in [7, 11) is 0. The molecule has 0 fully saturated rings. The number of anilines is 1. The van der Waals surface area contributed by atoms with Gasteiger partial charge in [0.05, 0.1) is 10.8 Å². The third-order valence-corrected chi connectivity index (χ3v) is 3.16. The number of nitro benzene ring substituents is 1. The van der Waals surface area contributed by atoms with Gasteiger partial charge >= 0.3 is 5.97 Å². The zero-order valence-corrected chi connectivity index (χ0v) is 11.4. The van der Waals surface area contributed by atoms with Crippen molar-refractivity contribution in [3.05, 3.63) is 33.9 Å². The van der Waals surface area contributed by atoms with E-state index >= 15 is 0 Å². The van der Waals surface area contributed by atoms with Crippen LogP contribution in [0.4, 0.5) is 11.4 Å². The molecule has 1 aromatic rings. The first kappa shape index (κ1) is 15.6. The average Bonchev–Trinajstić information content (AvgIpc) is 2.36. The number of carboxylic acids is 1. The van der Waals surface area contributed by atoms with E-state index < -0.39 is 28.6 Å². The van der Waals surface area contributed by atoms with Gasteiger partial charge in [0.15, 0.2) is 0 Å². The van der Waals surface area contributed by atoms with Crippen molar-refractivity contribution in [1.29, 1.82) is 0 Å². The van der Waals surface area contributed by atoms with Gasteiger partial charge in [-0.05, 0) is 18.6 Å². The van der Waals surface area contributed by atoms with Crippen molar-refractivity contribution in [2.24, 2.45) is 11.8 Å². The van der Waals surface area contributed by atoms with E-state index in [9.17, 15) is 19.7 Å². The molecule has 20 heavy (non-hydrogen) atoms. The molecule has 1 amide bonds. The maximum atomic E-state index is 11.9. The summed E-state index contributed by atoms with van der Waals surface area (Å²) in [6, 6.07) is 4.35. The number of nitro groups is 1. The van der Waals surface area contributed by atoms with E-state index in [0.717, 1.165) is 5.56 Å². The molecule has 2 unspecified atom stereocenters. The summed E-state index contributed by atoms with van der Waals surface area (Å²) >= 11 is 0. The van der Waals surface area contributed by atoms with Crippen molar-refractivity contribution < 1.29 is 19.6 Å². The number of hydrogen-bond acceptors (Lipinski definition) is 4. The van der Waals surface area contributed by atoms with Crippen molar-refractivity contribution in [2.75, 3.05) is 5.32 Å². The zero-order valence-electron chi connectivity index (χ0n) is 11.4. The fourth-order valence-electron chi connectivity index (χ4n) is 1.60. The van der Waals surface area contributed by atoms with Gasteiger partial charge in [-0.25, -0.2) is 0 Å². The number of nitrogens with zero attached hydrogens (tertiary/aromatic N) is 1. The minimum Gasteiger partial charge on any atom is -0.481 e. The molecule has 2 N–H and O–H groups in total. The van der Waals surface area contributed by atoms with Crippen LogP contribution in [0.2, 0.25) is 0 Å². The second-order valence-electron chi connectivity index (χ2n) is 4.68. The van der Waals surface area contributed by atoms with Crippen LogP contribution in [0, 0.1) is 28.9 Å². The van der Waals surface area contributed by atoms with Gasteiger partial charge < -0.3 is 10.4 Å². The molecule has 7 heteroatoms. The predicted molar refractivity (Wildman–Crippen MR) is 72.4 cm³/mol. The largest absolute Gasteiger partial charge is 0.481 e. The van der Waals surface area contributed by atoms with Crippen LogP contribution in [-0.4, -0.2) is 21.9 Å². The summed E-state index contributed by atoms with van der Waals surface area (Å²) in [6.45, 7) is 4.62.